The Balaban J connectivity index is 1.35. The average molecular weight is 878 g/mol. The molecule has 3 heterocycles. The van der Waals surface area contributed by atoms with Gasteiger partial charge in [-0.15, -0.1) is 5.10 Å². The van der Waals surface area contributed by atoms with Crippen LogP contribution >= 0.6 is 0 Å². The van der Waals surface area contributed by atoms with Gasteiger partial charge in [-0.25, -0.2) is 4.79 Å². The fourth-order valence-corrected chi connectivity index (χ4v) is 9.07. The normalized spacial score (nSPS) is 33.7. The van der Waals surface area contributed by atoms with Gasteiger partial charge in [-0.05, 0) is 72.2 Å². The molecule has 2 aliphatic rings. The van der Waals surface area contributed by atoms with E-state index < -0.39 is 83.4 Å². The van der Waals surface area contributed by atoms with E-state index in [-0.39, 0.29) is 43.9 Å². The maximum absolute atomic E-state index is 14.5. The number of aliphatic hydroxyl groups excluding tert-OH is 1. The van der Waals surface area contributed by atoms with Crippen LogP contribution in [-0.2, 0) is 44.6 Å². The van der Waals surface area contributed by atoms with E-state index in [1.165, 1.54) is 21.0 Å². The van der Waals surface area contributed by atoms with Gasteiger partial charge < -0.3 is 44.1 Å². The van der Waals surface area contributed by atoms with E-state index in [2.05, 4.69) is 15.6 Å². The Hall–Kier alpha value is -4.58. The fourth-order valence-electron chi connectivity index (χ4n) is 9.07. The molecule has 1 amide bonds. The summed E-state index contributed by atoms with van der Waals surface area (Å²) >= 11 is 0. The number of methoxy groups -OCH3 is 1. The summed E-state index contributed by atoms with van der Waals surface area (Å²) in [6, 6.07) is 17.7. The molecule has 2 aromatic carbocycles. The van der Waals surface area contributed by atoms with Crippen LogP contribution in [0.15, 0.2) is 60.8 Å². The van der Waals surface area contributed by atoms with Gasteiger partial charge in [0.15, 0.2) is 12.1 Å². The number of Topliss-reactive ketones (excluding diaryl/α,β-unsaturated/α-hetero) is 2. The quantitative estimate of drug-likeness (QED) is 0.170. The molecular formula is C47H67N5O11. The molecule has 0 unspecified atom stereocenters. The number of hydrogen-bond acceptors (Lipinski definition) is 14. The summed E-state index contributed by atoms with van der Waals surface area (Å²) in [6.45, 7) is 13.2. The summed E-state index contributed by atoms with van der Waals surface area (Å²) in [6.07, 6.45) is -5.01. The van der Waals surface area contributed by atoms with Crippen LogP contribution in [0.3, 0.4) is 0 Å². The average Bonchev–Trinajstić information content (AvgIpc) is 3.74. The maximum atomic E-state index is 14.5. The van der Waals surface area contributed by atoms with Gasteiger partial charge in [0, 0.05) is 37.1 Å². The van der Waals surface area contributed by atoms with Gasteiger partial charge >= 0.3 is 12.1 Å². The first-order valence-electron chi connectivity index (χ1n) is 21.9. The third kappa shape index (κ3) is 11.4. The molecule has 13 atom stereocenters. The number of nitrogens with zero attached hydrogens (tertiary/aromatic N) is 4. The van der Waals surface area contributed by atoms with Gasteiger partial charge in [0.05, 0.1) is 36.5 Å². The van der Waals surface area contributed by atoms with Crippen molar-refractivity contribution in [3.63, 3.8) is 0 Å². The number of likely N-dealkylation sites (N-methyl/N-ethyl adjacent to an activating group) is 1. The second-order valence-corrected chi connectivity index (χ2v) is 18.0. The molecule has 2 fully saturated rings. The molecule has 346 valence electrons. The Morgan fingerprint density at radius 2 is 1.56 bits per heavy atom. The highest BCUT2D eigenvalue weighted by molar-refractivity contribution is 6.00. The molecule has 0 aliphatic carbocycles. The summed E-state index contributed by atoms with van der Waals surface area (Å²) in [5.74, 6) is -6.10. The number of aliphatic hydroxyl groups is 2. The molecule has 0 spiro atoms. The molecule has 16 nitrogen and oxygen atoms in total. The van der Waals surface area contributed by atoms with Gasteiger partial charge in [0.2, 0.25) is 0 Å². The zero-order chi connectivity index (χ0) is 46.4. The highest BCUT2D eigenvalue weighted by Crippen LogP contribution is 2.39. The third-order valence-corrected chi connectivity index (χ3v) is 12.9. The number of aromatic nitrogens is 3. The van der Waals surface area contributed by atoms with E-state index in [0.717, 1.165) is 16.7 Å². The Kier molecular flexibility index (Phi) is 16.4. The summed E-state index contributed by atoms with van der Waals surface area (Å²) in [5, 5.41) is 34.8. The zero-order valence-electron chi connectivity index (χ0n) is 38.5. The molecule has 63 heavy (non-hydrogen) atoms. The van der Waals surface area contributed by atoms with Crippen LogP contribution in [0.5, 0.6) is 0 Å². The number of amides is 1. The highest BCUT2D eigenvalue weighted by Gasteiger charge is 2.53. The van der Waals surface area contributed by atoms with E-state index in [9.17, 15) is 29.4 Å². The molecule has 3 N–H and O–H groups in total. The first kappa shape index (κ1) is 49.4. The lowest BCUT2D eigenvalue weighted by molar-refractivity contribution is -0.295. The zero-order valence-corrected chi connectivity index (χ0v) is 38.5. The standard InChI is InChI=1S/C47H67N5O11/c1-12-37-47(8,58)42(63-45(57)48-22-23-52-26-35(49-50-52)34-20-18-33(19-21-34)32-16-14-13-15-17-32)29(4)38(53)27(2)25-46(7,59-11)41(30(5)39(54)31(6)43(56)61-37)62-44-40(55)36(51(9)10)24-28(3)60-44/h13-21,26-31,36-37,40-42,44,55,58H,12,22-25H2,1-11H3,(H,48,57)/t27-,28+,29+,30+,31-,36-,37-,40+,41-,42-,44-,46-,47-/m1/s1. The predicted octanol–water partition coefficient (Wildman–Crippen LogP) is 5.08. The minimum atomic E-state index is -2.09. The van der Waals surface area contributed by atoms with Crippen molar-refractivity contribution in [2.45, 2.75) is 135 Å². The minimum Gasteiger partial charge on any atom is -0.459 e. The van der Waals surface area contributed by atoms with Crippen LogP contribution in [-0.4, -0.2) is 136 Å². The van der Waals surface area contributed by atoms with Crippen LogP contribution in [0.2, 0.25) is 0 Å². The summed E-state index contributed by atoms with van der Waals surface area (Å²) in [4.78, 5) is 58.0. The van der Waals surface area contributed by atoms with E-state index in [1.54, 1.807) is 45.5 Å². The number of cyclic esters (lactones) is 1. The lowest BCUT2D eigenvalue weighted by Gasteiger charge is -2.47. The third-order valence-electron chi connectivity index (χ3n) is 12.9. The van der Waals surface area contributed by atoms with Crippen molar-refractivity contribution < 1.29 is 53.1 Å². The first-order chi connectivity index (χ1) is 29.7. The number of ether oxygens (including phenoxy) is 5. The second kappa shape index (κ2) is 20.9. The lowest BCUT2D eigenvalue weighted by Crippen LogP contribution is -2.60. The van der Waals surface area contributed by atoms with Crippen molar-refractivity contribution in [2.24, 2.45) is 23.7 Å². The van der Waals surface area contributed by atoms with E-state index in [1.807, 2.05) is 80.5 Å². The lowest BCUT2D eigenvalue weighted by atomic mass is 9.74. The number of alkyl carbamates (subject to hydrolysis) is 1. The monoisotopic (exact) mass is 877 g/mol. The molecule has 1 aromatic heterocycles. The molecule has 5 rings (SSSR count). The van der Waals surface area contributed by atoms with Crippen molar-refractivity contribution >= 4 is 23.6 Å². The number of carbonyl (C=O) groups excluding carboxylic acids is 4. The summed E-state index contributed by atoms with van der Waals surface area (Å²) < 4.78 is 32.1. The van der Waals surface area contributed by atoms with Gasteiger partial charge in [-0.2, -0.15) is 0 Å². The number of nitrogens with one attached hydrogen (secondary N) is 1. The van der Waals surface area contributed by atoms with Crippen LogP contribution in [0.1, 0.15) is 74.7 Å². The molecule has 2 saturated heterocycles. The van der Waals surface area contributed by atoms with Gasteiger partial charge in [-0.1, -0.05) is 87.5 Å². The van der Waals surface area contributed by atoms with Crippen molar-refractivity contribution in [3.8, 4) is 22.4 Å². The SMILES string of the molecule is CC[C@H]1OC(=O)[C@H](C)C(=O)[C@H](C)[C@@H](O[C@H]2O[C@@H](C)C[C@@H](N(C)C)[C@@H]2O)[C@](C)(OC)C[C@@H](C)C(=O)[C@H](C)[C@@H](OC(=O)NCCn2cc(-c3ccc(-c4ccccc4)cc3)nn2)[C@]1(C)O. The van der Waals surface area contributed by atoms with Gasteiger partial charge in [0.25, 0.3) is 0 Å². The van der Waals surface area contributed by atoms with Crippen molar-refractivity contribution in [1.82, 2.24) is 25.2 Å². The molecule has 16 heteroatoms. The second-order valence-electron chi connectivity index (χ2n) is 18.0. The minimum absolute atomic E-state index is 0.0125. The van der Waals surface area contributed by atoms with E-state index in [0.29, 0.717) is 12.1 Å². The number of ketones is 2. The Morgan fingerprint density at radius 1 is 0.937 bits per heavy atom. The molecule has 0 saturated carbocycles. The van der Waals surface area contributed by atoms with Crippen molar-refractivity contribution in [2.75, 3.05) is 27.7 Å². The number of carbonyl (C=O) groups is 4. The topological polar surface area (TPSA) is 201 Å². The Labute approximate surface area is 370 Å². The van der Waals surface area contributed by atoms with Crippen LogP contribution in [0, 0.1) is 23.7 Å². The number of esters is 1. The van der Waals surface area contributed by atoms with Crippen LogP contribution < -0.4 is 5.32 Å². The Morgan fingerprint density at radius 3 is 2.17 bits per heavy atom. The largest absolute Gasteiger partial charge is 0.459 e. The molecule has 3 aromatic rings. The highest BCUT2D eigenvalue weighted by atomic mass is 16.7. The smallest absolute Gasteiger partial charge is 0.407 e. The van der Waals surface area contributed by atoms with Gasteiger partial charge in [0.1, 0.15) is 41.3 Å². The number of hydrogen-bond donors (Lipinski definition) is 3. The van der Waals surface area contributed by atoms with Crippen LogP contribution in [0.25, 0.3) is 22.4 Å². The Bertz CT molecular complexity index is 2010. The molecular weight excluding hydrogens is 811 g/mol. The molecule has 2 aliphatic heterocycles. The first-order valence-corrected chi connectivity index (χ1v) is 21.9. The van der Waals surface area contributed by atoms with Crippen molar-refractivity contribution in [1.29, 1.82) is 0 Å². The maximum Gasteiger partial charge on any atom is 0.407 e. The summed E-state index contributed by atoms with van der Waals surface area (Å²) in [7, 11) is 5.14. The predicted molar refractivity (Wildman–Crippen MR) is 234 cm³/mol. The van der Waals surface area contributed by atoms with Gasteiger partial charge in [-0.3, -0.25) is 19.1 Å². The fraction of sp³-hybridized carbons (Fsp3) is 0.617. The molecule has 0 radical (unpaired) electrons. The molecule has 0 bridgehead atoms. The van der Waals surface area contributed by atoms with E-state index >= 15 is 0 Å². The number of benzene rings is 2. The number of rotatable bonds is 11. The van der Waals surface area contributed by atoms with Crippen LogP contribution in [0.4, 0.5) is 4.79 Å². The van der Waals surface area contributed by atoms with Crippen molar-refractivity contribution in [3.05, 3.63) is 60.8 Å². The summed E-state index contributed by atoms with van der Waals surface area (Å²) in [5.41, 5.74) is 0.246. The van der Waals surface area contributed by atoms with E-state index in [4.69, 9.17) is 23.7 Å².